The van der Waals surface area contributed by atoms with Crippen molar-refractivity contribution in [1.29, 1.82) is 0 Å². The van der Waals surface area contributed by atoms with Crippen molar-refractivity contribution in [2.24, 2.45) is 0 Å². The van der Waals surface area contributed by atoms with E-state index >= 15 is 0 Å². The first kappa shape index (κ1) is 12.5. The fraction of sp³-hybridized carbons (Fsp3) is 0.286. The average molecular weight is 243 g/mol. The van der Waals surface area contributed by atoms with E-state index in [1.165, 1.54) is 0 Å². The molecule has 2 rings (SSSR count). The molecule has 0 saturated heterocycles. The van der Waals surface area contributed by atoms with E-state index in [0.717, 1.165) is 22.6 Å². The minimum Gasteiger partial charge on any atom is -0.437 e. The van der Waals surface area contributed by atoms with Crippen LogP contribution in [0.15, 0.2) is 30.6 Å². The molecule has 0 unspecified atom stereocenters. The highest BCUT2D eigenvalue weighted by Crippen LogP contribution is 2.24. The minimum atomic E-state index is 0.524. The normalized spacial score (nSPS) is 10.4. The third kappa shape index (κ3) is 3.05. The highest BCUT2D eigenvalue weighted by molar-refractivity contribution is 5.38. The third-order valence-corrected chi connectivity index (χ3v) is 2.58. The van der Waals surface area contributed by atoms with Gasteiger partial charge >= 0.3 is 0 Å². The minimum absolute atomic E-state index is 0.524. The quantitative estimate of drug-likeness (QED) is 0.896. The molecule has 18 heavy (non-hydrogen) atoms. The van der Waals surface area contributed by atoms with E-state index in [1.807, 2.05) is 33.0 Å². The summed E-state index contributed by atoms with van der Waals surface area (Å²) >= 11 is 0. The predicted octanol–water partition coefficient (Wildman–Crippen LogP) is 2.61. The Morgan fingerprint density at radius 1 is 1.22 bits per heavy atom. The van der Waals surface area contributed by atoms with Gasteiger partial charge in [0.05, 0.1) is 11.9 Å². The first-order valence-electron chi connectivity index (χ1n) is 5.89. The monoisotopic (exact) mass is 243 g/mol. The molecule has 1 heterocycles. The summed E-state index contributed by atoms with van der Waals surface area (Å²) in [6, 6.07) is 6.10. The zero-order valence-electron chi connectivity index (χ0n) is 10.9. The second-order valence-electron chi connectivity index (χ2n) is 4.25. The molecule has 0 aliphatic carbocycles. The van der Waals surface area contributed by atoms with Crippen molar-refractivity contribution in [3.8, 4) is 11.6 Å². The summed E-state index contributed by atoms with van der Waals surface area (Å²) in [7, 11) is 1.87. The smallest absolute Gasteiger partial charge is 0.238 e. The largest absolute Gasteiger partial charge is 0.437 e. The summed E-state index contributed by atoms with van der Waals surface area (Å²) in [5.41, 5.74) is 3.11. The molecule has 0 aliphatic rings. The second kappa shape index (κ2) is 5.60. The zero-order chi connectivity index (χ0) is 13.0. The van der Waals surface area contributed by atoms with E-state index in [-0.39, 0.29) is 0 Å². The van der Waals surface area contributed by atoms with Gasteiger partial charge in [0.2, 0.25) is 5.88 Å². The summed E-state index contributed by atoms with van der Waals surface area (Å²) in [5, 5.41) is 3.04. The van der Waals surface area contributed by atoms with Gasteiger partial charge in [-0.1, -0.05) is 12.1 Å². The number of benzene rings is 1. The van der Waals surface area contributed by atoms with Crippen LogP contribution in [0.1, 0.15) is 16.8 Å². The summed E-state index contributed by atoms with van der Waals surface area (Å²) in [5.74, 6) is 1.35. The Hall–Kier alpha value is -1.94. The van der Waals surface area contributed by atoms with Gasteiger partial charge in [-0.25, -0.2) is 4.98 Å². The van der Waals surface area contributed by atoms with Gasteiger partial charge in [0, 0.05) is 12.7 Å². The predicted molar refractivity (Wildman–Crippen MR) is 70.8 cm³/mol. The lowest BCUT2D eigenvalue weighted by Crippen LogP contribution is -2.07. The van der Waals surface area contributed by atoms with Crippen LogP contribution in [0.25, 0.3) is 0 Å². The molecular formula is C14H17N3O. The molecule has 0 spiro atoms. The van der Waals surface area contributed by atoms with Crippen LogP contribution >= 0.6 is 0 Å². The van der Waals surface area contributed by atoms with Gasteiger partial charge in [0.15, 0.2) is 0 Å². The van der Waals surface area contributed by atoms with E-state index in [1.54, 1.807) is 12.4 Å². The number of rotatable bonds is 4. The van der Waals surface area contributed by atoms with Gasteiger partial charge in [-0.3, -0.25) is 4.98 Å². The number of hydrogen-bond acceptors (Lipinski definition) is 4. The maximum absolute atomic E-state index is 5.78. The van der Waals surface area contributed by atoms with Crippen LogP contribution in [0, 0.1) is 13.8 Å². The molecule has 4 nitrogen and oxygen atoms in total. The van der Waals surface area contributed by atoms with Crippen molar-refractivity contribution in [3.63, 3.8) is 0 Å². The molecule has 0 radical (unpaired) electrons. The number of aryl methyl sites for hydroxylation is 2. The van der Waals surface area contributed by atoms with E-state index in [2.05, 4.69) is 21.4 Å². The summed E-state index contributed by atoms with van der Waals surface area (Å²) in [6.07, 6.45) is 3.35. The maximum atomic E-state index is 5.78. The molecule has 2 aromatic rings. The fourth-order valence-electron chi connectivity index (χ4n) is 1.63. The molecule has 0 saturated carbocycles. The van der Waals surface area contributed by atoms with Gasteiger partial charge in [-0.15, -0.1) is 0 Å². The number of aromatic nitrogens is 2. The van der Waals surface area contributed by atoms with Crippen molar-refractivity contribution >= 4 is 0 Å². The van der Waals surface area contributed by atoms with Crippen molar-refractivity contribution in [2.45, 2.75) is 20.4 Å². The Labute approximate surface area is 107 Å². The van der Waals surface area contributed by atoms with Gasteiger partial charge in [0.1, 0.15) is 5.75 Å². The lowest BCUT2D eigenvalue weighted by atomic mass is 10.1. The van der Waals surface area contributed by atoms with E-state index in [0.29, 0.717) is 12.4 Å². The Kier molecular flexibility index (Phi) is 3.89. The molecular weight excluding hydrogens is 226 g/mol. The number of hydrogen-bond donors (Lipinski definition) is 1. The molecule has 0 bridgehead atoms. The lowest BCUT2D eigenvalue weighted by molar-refractivity contribution is 0.453. The van der Waals surface area contributed by atoms with Crippen LogP contribution in [0.5, 0.6) is 11.6 Å². The highest BCUT2D eigenvalue weighted by atomic mass is 16.5. The van der Waals surface area contributed by atoms with Gasteiger partial charge in [-0.05, 0) is 38.1 Å². The zero-order valence-corrected chi connectivity index (χ0v) is 10.9. The second-order valence-corrected chi connectivity index (χ2v) is 4.25. The van der Waals surface area contributed by atoms with Crippen LogP contribution in [0.2, 0.25) is 0 Å². The van der Waals surface area contributed by atoms with Crippen LogP contribution in [0.4, 0.5) is 0 Å². The highest BCUT2D eigenvalue weighted by Gasteiger charge is 2.04. The van der Waals surface area contributed by atoms with Crippen molar-refractivity contribution in [2.75, 3.05) is 7.05 Å². The Morgan fingerprint density at radius 2 is 2.06 bits per heavy atom. The molecule has 1 aromatic heterocycles. The van der Waals surface area contributed by atoms with Crippen LogP contribution in [0.3, 0.4) is 0 Å². The Balaban J connectivity index is 2.22. The van der Waals surface area contributed by atoms with Crippen molar-refractivity contribution in [1.82, 2.24) is 15.3 Å². The van der Waals surface area contributed by atoms with Gasteiger partial charge in [0.25, 0.3) is 0 Å². The summed E-state index contributed by atoms with van der Waals surface area (Å²) in [4.78, 5) is 8.51. The molecule has 1 aromatic carbocycles. The molecule has 0 atom stereocenters. The Bertz CT molecular complexity index is 540. The van der Waals surface area contributed by atoms with Crippen molar-refractivity contribution < 1.29 is 4.74 Å². The SMILES string of the molecule is CNCc1cncc(Oc2cc(C)ccc2C)n1. The van der Waals surface area contributed by atoms with E-state index in [9.17, 15) is 0 Å². The van der Waals surface area contributed by atoms with E-state index in [4.69, 9.17) is 4.74 Å². The topological polar surface area (TPSA) is 47.0 Å². The molecule has 0 aliphatic heterocycles. The number of nitrogens with zero attached hydrogens (tertiary/aromatic N) is 2. The maximum Gasteiger partial charge on any atom is 0.238 e. The van der Waals surface area contributed by atoms with E-state index < -0.39 is 0 Å². The standard InChI is InChI=1S/C14H17N3O/c1-10-4-5-11(2)13(6-10)18-14-9-16-8-12(17-14)7-15-3/h4-6,8-9,15H,7H2,1-3H3. The fourth-order valence-corrected chi connectivity index (χ4v) is 1.63. The molecule has 4 heteroatoms. The first-order chi connectivity index (χ1) is 8.69. The third-order valence-electron chi connectivity index (χ3n) is 2.58. The van der Waals surface area contributed by atoms with Crippen LogP contribution in [-0.2, 0) is 6.54 Å². The number of ether oxygens (including phenoxy) is 1. The molecule has 0 amide bonds. The molecule has 1 N–H and O–H groups in total. The number of nitrogens with one attached hydrogen (secondary N) is 1. The average Bonchev–Trinajstić information content (AvgIpc) is 2.35. The summed E-state index contributed by atoms with van der Waals surface area (Å²) < 4.78 is 5.78. The summed E-state index contributed by atoms with van der Waals surface area (Å²) in [6.45, 7) is 4.73. The van der Waals surface area contributed by atoms with Gasteiger partial charge in [-0.2, -0.15) is 0 Å². The lowest BCUT2D eigenvalue weighted by Gasteiger charge is -2.09. The van der Waals surface area contributed by atoms with Crippen LogP contribution in [-0.4, -0.2) is 17.0 Å². The molecule has 94 valence electrons. The Morgan fingerprint density at radius 3 is 2.83 bits per heavy atom. The molecule has 0 fully saturated rings. The first-order valence-corrected chi connectivity index (χ1v) is 5.89. The van der Waals surface area contributed by atoms with Crippen molar-refractivity contribution in [3.05, 3.63) is 47.4 Å². The van der Waals surface area contributed by atoms with Crippen LogP contribution < -0.4 is 10.1 Å². The van der Waals surface area contributed by atoms with Gasteiger partial charge < -0.3 is 10.1 Å².